The average Bonchev–Trinajstić information content (AvgIpc) is 2.91. The minimum absolute atomic E-state index is 0.267. The Morgan fingerprint density at radius 2 is 1.90 bits per heavy atom. The number of aliphatic hydroxyl groups excluding tert-OH is 1. The first-order chi connectivity index (χ1) is 10.2. The van der Waals surface area contributed by atoms with Crippen molar-refractivity contribution in [3.05, 3.63) is 46.1 Å². The van der Waals surface area contributed by atoms with Gasteiger partial charge < -0.3 is 14.8 Å². The summed E-state index contributed by atoms with van der Waals surface area (Å²) < 4.78 is 5.79. The lowest BCUT2D eigenvalue weighted by Gasteiger charge is -2.03. The van der Waals surface area contributed by atoms with Crippen LogP contribution in [0.2, 0.25) is 10.0 Å². The Hall–Kier alpha value is -1.00. The van der Waals surface area contributed by atoms with E-state index in [1.165, 1.54) is 0 Å². The smallest absolute Gasteiger partial charge is 0.135 e. The zero-order valence-electron chi connectivity index (χ0n) is 11.7. The Balaban J connectivity index is 1.86. The van der Waals surface area contributed by atoms with Gasteiger partial charge in [-0.2, -0.15) is 0 Å². The van der Waals surface area contributed by atoms with Crippen LogP contribution in [0.1, 0.15) is 25.0 Å². The Bertz CT molecular complexity index is 569. The van der Waals surface area contributed by atoms with E-state index in [1.807, 2.05) is 18.2 Å². The third-order valence-electron chi connectivity index (χ3n) is 3.17. The fourth-order valence-corrected chi connectivity index (χ4v) is 2.56. The molecule has 0 unspecified atom stereocenters. The molecule has 0 saturated heterocycles. The van der Waals surface area contributed by atoms with E-state index in [9.17, 15) is 0 Å². The normalized spacial score (nSPS) is 11.0. The molecule has 0 radical (unpaired) electrons. The quantitative estimate of drug-likeness (QED) is 0.701. The SMILES string of the molecule is OCCCCCNCc1ccc(-c2ccc(Cl)cc2Cl)o1. The van der Waals surface area contributed by atoms with E-state index >= 15 is 0 Å². The van der Waals surface area contributed by atoms with Gasteiger partial charge in [-0.15, -0.1) is 0 Å². The van der Waals surface area contributed by atoms with E-state index in [0.717, 1.165) is 42.9 Å². The molecule has 2 N–H and O–H groups in total. The second-order valence-corrected chi connectivity index (χ2v) is 5.69. The van der Waals surface area contributed by atoms with E-state index in [4.69, 9.17) is 32.7 Å². The van der Waals surface area contributed by atoms with Crippen LogP contribution >= 0.6 is 23.2 Å². The van der Waals surface area contributed by atoms with Crippen LogP contribution in [-0.4, -0.2) is 18.3 Å². The van der Waals surface area contributed by atoms with Crippen molar-refractivity contribution in [1.29, 1.82) is 0 Å². The summed E-state index contributed by atoms with van der Waals surface area (Å²) in [6.45, 7) is 1.87. The molecule has 21 heavy (non-hydrogen) atoms. The van der Waals surface area contributed by atoms with Crippen LogP contribution in [0.15, 0.2) is 34.7 Å². The average molecular weight is 328 g/mol. The Kier molecular flexibility index (Phi) is 6.58. The molecule has 0 aliphatic carbocycles. The van der Waals surface area contributed by atoms with Gasteiger partial charge in [-0.1, -0.05) is 23.2 Å². The molecule has 1 aromatic carbocycles. The molecule has 0 saturated carbocycles. The van der Waals surface area contributed by atoms with Crippen molar-refractivity contribution in [1.82, 2.24) is 5.32 Å². The van der Waals surface area contributed by atoms with Crippen LogP contribution in [-0.2, 0) is 6.54 Å². The molecule has 2 rings (SSSR count). The van der Waals surface area contributed by atoms with Crippen LogP contribution in [0, 0.1) is 0 Å². The largest absolute Gasteiger partial charge is 0.460 e. The van der Waals surface area contributed by atoms with Crippen molar-refractivity contribution in [2.24, 2.45) is 0 Å². The highest BCUT2D eigenvalue weighted by atomic mass is 35.5. The van der Waals surface area contributed by atoms with Gasteiger partial charge in [0.05, 0.1) is 11.6 Å². The predicted octanol–water partition coefficient (Wildman–Crippen LogP) is 4.51. The van der Waals surface area contributed by atoms with Gasteiger partial charge in [0.1, 0.15) is 11.5 Å². The lowest BCUT2D eigenvalue weighted by Crippen LogP contribution is -2.14. The van der Waals surface area contributed by atoms with E-state index in [0.29, 0.717) is 16.6 Å². The summed E-state index contributed by atoms with van der Waals surface area (Å²) in [5.41, 5.74) is 0.843. The summed E-state index contributed by atoms with van der Waals surface area (Å²) in [6.07, 6.45) is 2.95. The van der Waals surface area contributed by atoms with Gasteiger partial charge in [0, 0.05) is 17.2 Å². The van der Waals surface area contributed by atoms with Crippen molar-refractivity contribution < 1.29 is 9.52 Å². The molecule has 5 heteroatoms. The molecular formula is C16H19Cl2NO2. The molecule has 1 aromatic heterocycles. The van der Waals surface area contributed by atoms with Gasteiger partial charge in [-0.25, -0.2) is 0 Å². The number of furan rings is 1. The summed E-state index contributed by atoms with van der Waals surface area (Å²) >= 11 is 12.1. The summed E-state index contributed by atoms with van der Waals surface area (Å²) in [5, 5.41) is 13.2. The van der Waals surface area contributed by atoms with E-state index in [2.05, 4.69) is 5.32 Å². The number of nitrogens with one attached hydrogen (secondary N) is 1. The van der Waals surface area contributed by atoms with Crippen LogP contribution in [0.4, 0.5) is 0 Å². The van der Waals surface area contributed by atoms with Crippen molar-refractivity contribution in [2.45, 2.75) is 25.8 Å². The second-order valence-electron chi connectivity index (χ2n) is 4.85. The highest BCUT2D eigenvalue weighted by molar-refractivity contribution is 6.36. The zero-order valence-corrected chi connectivity index (χ0v) is 13.3. The molecule has 1 heterocycles. The standard InChI is InChI=1S/C16H19Cl2NO2/c17-12-4-6-14(15(18)10-12)16-7-5-13(21-16)11-19-8-2-1-3-9-20/h4-7,10,19-20H,1-3,8-9,11H2. The number of hydrogen-bond acceptors (Lipinski definition) is 3. The first-order valence-electron chi connectivity index (χ1n) is 7.06. The van der Waals surface area contributed by atoms with Gasteiger partial charge in [0.25, 0.3) is 0 Å². The molecule has 3 nitrogen and oxygen atoms in total. The molecule has 0 spiro atoms. The highest BCUT2D eigenvalue weighted by Crippen LogP contribution is 2.31. The maximum atomic E-state index is 8.70. The van der Waals surface area contributed by atoms with Gasteiger partial charge >= 0.3 is 0 Å². The van der Waals surface area contributed by atoms with Crippen molar-refractivity contribution >= 4 is 23.2 Å². The van der Waals surface area contributed by atoms with Gasteiger partial charge in [-0.05, 0) is 56.1 Å². The Morgan fingerprint density at radius 1 is 1.05 bits per heavy atom. The topological polar surface area (TPSA) is 45.4 Å². The fraction of sp³-hybridized carbons (Fsp3) is 0.375. The minimum Gasteiger partial charge on any atom is -0.460 e. The maximum absolute atomic E-state index is 8.70. The lowest BCUT2D eigenvalue weighted by molar-refractivity contribution is 0.282. The minimum atomic E-state index is 0.267. The van der Waals surface area contributed by atoms with E-state index in [-0.39, 0.29) is 6.61 Å². The second kappa shape index (κ2) is 8.44. The molecule has 114 valence electrons. The first-order valence-corrected chi connectivity index (χ1v) is 7.82. The Labute approximate surface area is 134 Å². The number of rotatable bonds is 8. The number of benzene rings is 1. The summed E-state index contributed by atoms with van der Waals surface area (Å²) in [6, 6.07) is 9.22. The number of unbranched alkanes of at least 4 members (excludes halogenated alkanes) is 2. The molecule has 0 bridgehead atoms. The summed E-state index contributed by atoms with van der Waals surface area (Å²) in [7, 11) is 0. The molecule has 0 atom stereocenters. The molecule has 0 amide bonds. The van der Waals surface area contributed by atoms with Crippen molar-refractivity contribution in [3.8, 4) is 11.3 Å². The number of hydrogen-bond donors (Lipinski definition) is 2. The maximum Gasteiger partial charge on any atom is 0.135 e. The van der Waals surface area contributed by atoms with Gasteiger partial charge in [0.15, 0.2) is 0 Å². The summed E-state index contributed by atoms with van der Waals surface area (Å²) in [4.78, 5) is 0. The number of halogens is 2. The first kappa shape index (κ1) is 16.4. The van der Waals surface area contributed by atoms with Crippen LogP contribution in [0.5, 0.6) is 0 Å². The molecule has 0 aliphatic heterocycles. The van der Waals surface area contributed by atoms with Crippen molar-refractivity contribution in [3.63, 3.8) is 0 Å². The number of aliphatic hydroxyl groups is 1. The fourth-order valence-electron chi connectivity index (χ4n) is 2.06. The molecule has 0 fully saturated rings. The van der Waals surface area contributed by atoms with Crippen LogP contribution in [0.25, 0.3) is 11.3 Å². The predicted molar refractivity (Wildman–Crippen MR) is 86.8 cm³/mol. The Morgan fingerprint density at radius 3 is 2.67 bits per heavy atom. The highest BCUT2D eigenvalue weighted by Gasteiger charge is 2.09. The lowest BCUT2D eigenvalue weighted by atomic mass is 10.2. The summed E-state index contributed by atoms with van der Waals surface area (Å²) in [5.74, 6) is 1.62. The van der Waals surface area contributed by atoms with E-state index in [1.54, 1.807) is 12.1 Å². The van der Waals surface area contributed by atoms with E-state index < -0.39 is 0 Å². The molecule has 0 aliphatic rings. The molecule has 2 aromatic rings. The van der Waals surface area contributed by atoms with Crippen LogP contribution in [0.3, 0.4) is 0 Å². The zero-order chi connectivity index (χ0) is 15.1. The van der Waals surface area contributed by atoms with Crippen molar-refractivity contribution in [2.75, 3.05) is 13.2 Å². The van der Waals surface area contributed by atoms with Gasteiger partial charge in [-0.3, -0.25) is 0 Å². The third kappa shape index (κ3) is 5.04. The van der Waals surface area contributed by atoms with Gasteiger partial charge in [0.2, 0.25) is 0 Å². The van der Waals surface area contributed by atoms with Crippen LogP contribution < -0.4 is 5.32 Å². The third-order valence-corrected chi connectivity index (χ3v) is 3.72. The monoisotopic (exact) mass is 327 g/mol. The molecular weight excluding hydrogens is 309 g/mol.